The minimum Gasteiger partial charge on any atom is -0.423 e. The first-order valence-corrected chi connectivity index (χ1v) is 11.1. The van der Waals surface area contributed by atoms with Gasteiger partial charge in [-0.2, -0.15) is 0 Å². The number of carbonyl (C=O) groups is 1. The minimum atomic E-state index is -1.60. The van der Waals surface area contributed by atoms with Gasteiger partial charge in [-0.15, -0.1) is 0 Å². The number of hydrogen-bond donors (Lipinski definition) is 2. The van der Waals surface area contributed by atoms with Crippen LogP contribution in [0.4, 0.5) is 0 Å². The number of hydrogen-bond acceptors (Lipinski definition) is 5. The third-order valence-electron chi connectivity index (χ3n) is 5.52. The monoisotopic (exact) mass is 457 g/mol. The van der Waals surface area contributed by atoms with Gasteiger partial charge in [-0.1, -0.05) is 48.1 Å². The molecule has 0 fully saturated rings. The van der Waals surface area contributed by atoms with Crippen LogP contribution >= 0.6 is 11.6 Å². The van der Waals surface area contributed by atoms with Crippen molar-refractivity contribution in [2.75, 3.05) is 40.8 Å². The SMILES string of the molecule is C=C(/C=C(\C)CN1CC=C(C2=CCC(C(=O)N(C)C)C=C2Cl)CC1)/C(=C\C=NC)B(O)O. The van der Waals surface area contributed by atoms with Gasteiger partial charge in [-0.05, 0) is 48.0 Å². The van der Waals surface area contributed by atoms with E-state index in [4.69, 9.17) is 11.6 Å². The largest absolute Gasteiger partial charge is 0.489 e. The van der Waals surface area contributed by atoms with E-state index < -0.39 is 7.12 Å². The van der Waals surface area contributed by atoms with E-state index in [0.717, 1.165) is 37.2 Å². The fraction of sp³-hybridized carbons (Fsp3) is 0.417. The lowest BCUT2D eigenvalue weighted by atomic mass is 9.74. The average molecular weight is 458 g/mol. The molecular formula is C24H33BClN3O3. The van der Waals surface area contributed by atoms with Gasteiger partial charge in [-0.25, -0.2) is 0 Å². The van der Waals surface area contributed by atoms with E-state index in [2.05, 4.69) is 28.6 Å². The van der Waals surface area contributed by atoms with Crippen LogP contribution in [-0.4, -0.2) is 79.9 Å². The lowest BCUT2D eigenvalue weighted by molar-refractivity contribution is -0.131. The second-order valence-corrected chi connectivity index (χ2v) is 8.75. The molecule has 0 saturated heterocycles. The summed E-state index contributed by atoms with van der Waals surface area (Å²) in [6, 6.07) is 0. The topological polar surface area (TPSA) is 76.4 Å². The molecular weight excluding hydrogens is 425 g/mol. The molecule has 1 aliphatic heterocycles. The first-order valence-electron chi connectivity index (χ1n) is 10.7. The highest BCUT2D eigenvalue weighted by Gasteiger charge is 2.25. The van der Waals surface area contributed by atoms with Crippen LogP contribution in [0, 0.1) is 5.92 Å². The van der Waals surface area contributed by atoms with Gasteiger partial charge < -0.3 is 14.9 Å². The predicted octanol–water partition coefficient (Wildman–Crippen LogP) is 2.92. The Kier molecular flexibility index (Phi) is 9.91. The van der Waals surface area contributed by atoms with Crippen LogP contribution in [0.3, 0.4) is 0 Å². The van der Waals surface area contributed by atoms with E-state index >= 15 is 0 Å². The summed E-state index contributed by atoms with van der Waals surface area (Å²) in [5.41, 5.74) is 4.21. The van der Waals surface area contributed by atoms with Crippen molar-refractivity contribution in [3.05, 3.63) is 69.8 Å². The summed E-state index contributed by atoms with van der Waals surface area (Å²) in [5.74, 6) is -0.123. The Morgan fingerprint density at radius 1 is 1.41 bits per heavy atom. The molecule has 2 rings (SSSR count). The molecule has 0 bridgehead atoms. The lowest BCUT2D eigenvalue weighted by Gasteiger charge is -2.29. The van der Waals surface area contributed by atoms with Crippen molar-refractivity contribution in [1.29, 1.82) is 0 Å². The molecule has 0 aromatic carbocycles. The van der Waals surface area contributed by atoms with Crippen LogP contribution < -0.4 is 0 Å². The second kappa shape index (κ2) is 12.2. The number of nitrogens with zero attached hydrogens (tertiary/aromatic N) is 3. The van der Waals surface area contributed by atoms with Crippen molar-refractivity contribution in [1.82, 2.24) is 9.80 Å². The number of carbonyl (C=O) groups excluding carboxylic acids is 1. The molecule has 6 nitrogen and oxygen atoms in total. The standard InChI is InChI=1S/C24H33BClN3O3/c1-17(14-18(2)22(25(31)32)8-11-27-3)16-29-12-9-19(10-13-29)21-7-6-20(15-23(21)26)24(30)28(4)5/h7-9,11,14-15,20,31-32H,2,6,10,12-13,16H2,1,3-5H3/b17-14+,22-8+,27-11?. The molecule has 32 heavy (non-hydrogen) atoms. The molecule has 0 saturated carbocycles. The number of allylic oxidation sites excluding steroid dienone is 7. The molecule has 0 spiro atoms. The first-order chi connectivity index (χ1) is 15.1. The highest BCUT2D eigenvalue weighted by atomic mass is 35.5. The summed E-state index contributed by atoms with van der Waals surface area (Å²) in [4.78, 5) is 20.0. The van der Waals surface area contributed by atoms with Gasteiger partial charge in [-0.3, -0.25) is 14.7 Å². The molecule has 1 aliphatic carbocycles. The van der Waals surface area contributed by atoms with E-state index in [0.29, 0.717) is 22.5 Å². The maximum absolute atomic E-state index is 12.2. The van der Waals surface area contributed by atoms with Crippen LogP contribution in [0.2, 0.25) is 0 Å². The van der Waals surface area contributed by atoms with Crippen LogP contribution in [0.5, 0.6) is 0 Å². The molecule has 172 valence electrons. The Morgan fingerprint density at radius 2 is 2.12 bits per heavy atom. The van der Waals surface area contributed by atoms with Gasteiger partial charge in [0.1, 0.15) is 0 Å². The van der Waals surface area contributed by atoms with Crippen molar-refractivity contribution in [3.8, 4) is 0 Å². The van der Waals surface area contributed by atoms with E-state index in [1.165, 1.54) is 11.8 Å². The molecule has 1 unspecified atom stereocenters. The fourth-order valence-electron chi connectivity index (χ4n) is 3.86. The number of halogens is 1. The van der Waals surface area contributed by atoms with Gasteiger partial charge in [0.25, 0.3) is 0 Å². The molecule has 0 aromatic rings. The maximum Gasteiger partial charge on any atom is 0.489 e. The highest BCUT2D eigenvalue weighted by Crippen LogP contribution is 2.34. The Bertz CT molecular complexity index is 913. The summed E-state index contributed by atoms with van der Waals surface area (Å²) in [6.45, 7) is 8.40. The van der Waals surface area contributed by atoms with Crippen molar-refractivity contribution < 1.29 is 14.8 Å². The Morgan fingerprint density at radius 3 is 2.66 bits per heavy atom. The summed E-state index contributed by atoms with van der Waals surface area (Å²) in [7, 11) is 3.54. The van der Waals surface area contributed by atoms with E-state index in [1.807, 2.05) is 19.1 Å². The van der Waals surface area contributed by atoms with Gasteiger partial charge in [0.2, 0.25) is 5.91 Å². The van der Waals surface area contributed by atoms with Crippen molar-refractivity contribution in [2.45, 2.75) is 19.8 Å². The second-order valence-electron chi connectivity index (χ2n) is 8.34. The average Bonchev–Trinajstić information content (AvgIpc) is 2.73. The summed E-state index contributed by atoms with van der Waals surface area (Å²) < 4.78 is 0. The van der Waals surface area contributed by atoms with E-state index in [-0.39, 0.29) is 11.8 Å². The molecule has 1 amide bonds. The molecule has 2 N–H and O–H groups in total. The van der Waals surface area contributed by atoms with Crippen molar-refractivity contribution >= 4 is 30.8 Å². The number of aliphatic imine (C=N–C) groups is 1. The molecule has 0 aromatic heterocycles. The Balaban J connectivity index is 1.99. The summed E-state index contributed by atoms with van der Waals surface area (Å²) in [5, 5.41) is 19.8. The van der Waals surface area contributed by atoms with E-state index in [1.54, 1.807) is 32.1 Å². The van der Waals surface area contributed by atoms with Crippen LogP contribution in [-0.2, 0) is 4.79 Å². The molecule has 8 heteroatoms. The summed E-state index contributed by atoms with van der Waals surface area (Å²) in [6.07, 6.45) is 12.6. The van der Waals surface area contributed by atoms with Gasteiger partial charge >= 0.3 is 7.12 Å². The highest BCUT2D eigenvalue weighted by molar-refractivity contribution is 6.53. The van der Waals surface area contributed by atoms with Gasteiger partial charge in [0, 0.05) is 52.0 Å². The van der Waals surface area contributed by atoms with Gasteiger partial charge in [0.05, 0.1) is 5.92 Å². The zero-order valence-electron chi connectivity index (χ0n) is 19.4. The zero-order chi connectivity index (χ0) is 23.8. The first kappa shape index (κ1) is 26.1. The lowest BCUT2D eigenvalue weighted by Crippen LogP contribution is -2.31. The Labute approximate surface area is 196 Å². The third kappa shape index (κ3) is 7.17. The minimum absolute atomic E-state index is 0.0693. The maximum atomic E-state index is 12.2. The Hall–Kier alpha value is -2.19. The van der Waals surface area contributed by atoms with E-state index in [9.17, 15) is 14.8 Å². The number of amides is 1. The molecule has 1 heterocycles. The van der Waals surface area contributed by atoms with Crippen molar-refractivity contribution in [3.63, 3.8) is 0 Å². The molecule has 0 radical (unpaired) electrons. The predicted molar refractivity (Wildman–Crippen MR) is 134 cm³/mol. The van der Waals surface area contributed by atoms with Crippen LogP contribution in [0.1, 0.15) is 19.8 Å². The zero-order valence-corrected chi connectivity index (χ0v) is 20.1. The molecule has 1 atom stereocenters. The normalized spacial score (nSPS) is 20.6. The quantitative estimate of drug-likeness (QED) is 0.334. The van der Waals surface area contributed by atoms with Crippen LogP contribution in [0.15, 0.2) is 74.7 Å². The number of rotatable bonds is 8. The van der Waals surface area contributed by atoms with Gasteiger partial charge in [0.15, 0.2) is 0 Å². The third-order valence-corrected chi connectivity index (χ3v) is 5.85. The van der Waals surface area contributed by atoms with Crippen molar-refractivity contribution in [2.24, 2.45) is 10.9 Å². The molecule has 2 aliphatic rings. The smallest absolute Gasteiger partial charge is 0.423 e. The summed E-state index contributed by atoms with van der Waals surface area (Å²) >= 11 is 6.52. The van der Waals surface area contributed by atoms with Crippen LogP contribution in [0.25, 0.3) is 0 Å². The fourth-order valence-corrected chi connectivity index (χ4v) is 4.21.